The van der Waals surface area contributed by atoms with Crippen LogP contribution in [0.2, 0.25) is 0 Å². The van der Waals surface area contributed by atoms with E-state index in [1.165, 1.54) is 12.5 Å². The van der Waals surface area contributed by atoms with Gasteiger partial charge in [0, 0.05) is 25.1 Å². The molecular weight excluding hydrogens is 236 g/mol. The summed E-state index contributed by atoms with van der Waals surface area (Å²) < 4.78 is 25.7. The van der Waals surface area contributed by atoms with Gasteiger partial charge in [0.05, 0.1) is 0 Å². The van der Waals surface area contributed by atoms with E-state index < -0.39 is 6.43 Å². The fraction of sp³-hybridized carbons (Fsp3) is 0.692. The van der Waals surface area contributed by atoms with Gasteiger partial charge in [-0.2, -0.15) is 0 Å². The first-order valence-corrected chi connectivity index (χ1v) is 6.66. The van der Waals surface area contributed by atoms with E-state index in [1.54, 1.807) is 0 Å². The molecule has 1 saturated carbocycles. The molecule has 5 heteroatoms. The lowest BCUT2D eigenvalue weighted by molar-refractivity contribution is 0.145. The van der Waals surface area contributed by atoms with Crippen molar-refractivity contribution in [2.24, 2.45) is 0 Å². The van der Waals surface area contributed by atoms with E-state index in [-0.39, 0.29) is 5.69 Å². The predicted molar refractivity (Wildman–Crippen MR) is 65.0 cm³/mol. The Morgan fingerprint density at radius 2 is 1.83 bits per heavy atom. The Hall–Kier alpha value is -1.26. The maximum Gasteiger partial charge on any atom is 0.280 e. The summed E-state index contributed by atoms with van der Waals surface area (Å²) >= 11 is 0. The number of nitrogens with zero attached hydrogens (tertiary/aromatic N) is 3. The van der Waals surface area contributed by atoms with Gasteiger partial charge in [-0.3, -0.25) is 0 Å². The normalized spacial score (nSPS) is 20.5. The molecular formula is C13H17F2N3. The summed E-state index contributed by atoms with van der Waals surface area (Å²) in [7, 11) is 0. The molecule has 1 saturated heterocycles. The van der Waals surface area contributed by atoms with Crippen LogP contribution in [0.1, 0.15) is 56.0 Å². The van der Waals surface area contributed by atoms with Gasteiger partial charge >= 0.3 is 0 Å². The summed E-state index contributed by atoms with van der Waals surface area (Å²) in [4.78, 5) is 10.6. The number of anilines is 1. The van der Waals surface area contributed by atoms with Crippen LogP contribution in [0.4, 0.5) is 14.6 Å². The third-order valence-corrected chi connectivity index (χ3v) is 3.60. The summed E-state index contributed by atoms with van der Waals surface area (Å²) in [6.45, 7) is 1.84. The van der Waals surface area contributed by atoms with Gasteiger partial charge in [-0.1, -0.05) is 0 Å². The highest BCUT2D eigenvalue weighted by atomic mass is 19.3. The van der Waals surface area contributed by atoms with Crippen LogP contribution in [-0.2, 0) is 0 Å². The Kier molecular flexibility index (Phi) is 3.14. The molecule has 2 heterocycles. The zero-order valence-electron chi connectivity index (χ0n) is 10.3. The van der Waals surface area contributed by atoms with Crippen LogP contribution >= 0.6 is 0 Å². The lowest BCUT2D eigenvalue weighted by Gasteiger charge is -2.28. The predicted octanol–water partition coefficient (Wildman–Crippen LogP) is 3.28. The first-order chi connectivity index (χ1) is 8.74. The number of halogens is 2. The first-order valence-electron chi connectivity index (χ1n) is 6.66. The maximum atomic E-state index is 12.9. The molecule has 0 bridgehead atoms. The van der Waals surface area contributed by atoms with Crippen LogP contribution in [0.5, 0.6) is 0 Å². The zero-order valence-corrected chi connectivity index (χ0v) is 10.3. The second-order valence-electron chi connectivity index (χ2n) is 5.13. The van der Waals surface area contributed by atoms with Crippen molar-refractivity contribution in [3.8, 4) is 0 Å². The van der Waals surface area contributed by atoms with Crippen LogP contribution < -0.4 is 4.90 Å². The van der Waals surface area contributed by atoms with E-state index in [1.807, 2.05) is 0 Å². The van der Waals surface area contributed by atoms with Crippen molar-refractivity contribution >= 4 is 5.82 Å². The molecule has 1 aliphatic carbocycles. The van der Waals surface area contributed by atoms with E-state index in [0.717, 1.165) is 38.8 Å². The number of piperidine rings is 1. The summed E-state index contributed by atoms with van der Waals surface area (Å²) in [6, 6.07) is 1.46. The first kappa shape index (κ1) is 11.8. The van der Waals surface area contributed by atoms with Crippen LogP contribution in [-0.4, -0.2) is 23.1 Å². The van der Waals surface area contributed by atoms with Gasteiger partial charge < -0.3 is 4.90 Å². The smallest absolute Gasteiger partial charge is 0.280 e. The minimum absolute atomic E-state index is 0.118. The lowest BCUT2D eigenvalue weighted by atomic mass is 10.1. The number of alkyl halides is 2. The monoisotopic (exact) mass is 253 g/mol. The molecule has 3 rings (SSSR count). The van der Waals surface area contributed by atoms with Crippen molar-refractivity contribution in [3.63, 3.8) is 0 Å². The van der Waals surface area contributed by atoms with E-state index in [0.29, 0.717) is 17.6 Å². The molecule has 2 fully saturated rings. The topological polar surface area (TPSA) is 29.0 Å². The molecule has 0 spiro atoms. The molecule has 18 heavy (non-hydrogen) atoms. The molecule has 0 aromatic carbocycles. The standard InChI is InChI=1S/C13H17F2N3/c14-12(15)10-8-11(18-6-2-1-3-7-18)17-13(16-10)9-4-5-9/h8-9,12H,1-7H2. The van der Waals surface area contributed by atoms with Crippen LogP contribution in [0.15, 0.2) is 6.07 Å². The molecule has 2 aliphatic rings. The summed E-state index contributed by atoms with van der Waals surface area (Å²) in [6.07, 6.45) is 3.02. The average Bonchev–Trinajstić information content (AvgIpc) is 3.23. The van der Waals surface area contributed by atoms with Crippen molar-refractivity contribution in [2.45, 2.75) is 44.4 Å². The van der Waals surface area contributed by atoms with Crippen molar-refractivity contribution in [2.75, 3.05) is 18.0 Å². The van der Waals surface area contributed by atoms with Crippen molar-refractivity contribution in [3.05, 3.63) is 17.6 Å². The minimum atomic E-state index is -2.51. The zero-order chi connectivity index (χ0) is 12.5. The Morgan fingerprint density at radius 1 is 1.11 bits per heavy atom. The van der Waals surface area contributed by atoms with Crippen LogP contribution in [0.3, 0.4) is 0 Å². The Labute approximate surface area is 105 Å². The number of aromatic nitrogens is 2. The van der Waals surface area contributed by atoms with Gasteiger partial charge in [0.1, 0.15) is 17.3 Å². The molecule has 1 aromatic heterocycles. The highest BCUT2D eigenvalue weighted by molar-refractivity contribution is 5.41. The van der Waals surface area contributed by atoms with Crippen molar-refractivity contribution < 1.29 is 8.78 Å². The summed E-state index contributed by atoms with van der Waals surface area (Å²) in [5.41, 5.74) is -0.118. The van der Waals surface area contributed by atoms with Gasteiger partial charge in [-0.05, 0) is 32.1 Å². The van der Waals surface area contributed by atoms with Gasteiger partial charge in [-0.15, -0.1) is 0 Å². The van der Waals surface area contributed by atoms with Gasteiger partial charge in [0.15, 0.2) is 0 Å². The minimum Gasteiger partial charge on any atom is -0.357 e. The fourth-order valence-corrected chi connectivity index (χ4v) is 2.39. The fourth-order valence-electron chi connectivity index (χ4n) is 2.39. The summed E-state index contributed by atoms with van der Waals surface area (Å²) in [5.74, 6) is 1.63. The SMILES string of the molecule is FC(F)c1cc(N2CCCCC2)nc(C2CC2)n1. The number of hydrogen-bond donors (Lipinski definition) is 0. The third-order valence-electron chi connectivity index (χ3n) is 3.60. The van der Waals surface area contributed by atoms with Gasteiger partial charge in [0.25, 0.3) is 6.43 Å². The van der Waals surface area contributed by atoms with Gasteiger partial charge in [-0.25, -0.2) is 18.7 Å². The molecule has 98 valence electrons. The molecule has 1 aliphatic heterocycles. The quantitative estimate of drug-likeness (QED) is 0.827. The van der Waals surface area contributed by atoms with Crippen LogP contribution in [0, 0.1) is 0 Å². The highest BCUT2D eigenvalue weighted by Crippen LogP contribution is 2.39. The number of rotatable bonds is 3. The van der Waals surface area contributed by atoms with Crippen molar-refractivity contribution in [1.29, 1.82) is 0 Å². The second-order valence-corrected chi connectivity index (χ2v) is 5.13. The molecule has 0 unspecified atom stereocenters. The lowest BCUT2D eigenvalue weighted by Crippen LogP contribution is -2.30. The molecule has 0 N–H and O–H groups in total. The van der Waals surface area contributed by atoms with Gasteiger partial charge in [0.2, 0.25) is 0 Å². The third kappa shape index (κ3) is 2.44. The van der Waals surface area contributed by atoms with E-state index in [2.05, 4.69) is 14.9 Å². The molecule has 1 aromatic rings. The van der Waals surface area contributed by atoms with E-state index in [9.17, 15) is 8.78 Å². The maximum absolute atomic E-state index is 12.9. The molecule has 3 nitrogen and oxygen atoms in total. The number of hydrogen-bond acceptors (Lipinski definition) is 3. The average molecular weight is 253 g/mol. The molecule has 0 atom stereocenters. The highest BCUT2D eigenvalue weighted by Gasteiger charge is 2.29. The Balaban J connectivity index is 1.91. The van der Waals surface area contributed by atoms with E-state index >= 15 is 0 Å². The molecule has 0 radical (unpaired) electrons. The largest absolute Gasteiger partial charge is 0.357 e. The van der Waals surface area contributed by atoms with Crippen molar-refractivity contribution in [1.82, 2.24) is 9.97 Å². The molecule has 0 amide bonds. The second kappa shape index (κ2) is 4.78. The Bertz CT molecular complexity index is 406. The Morgan fingerprint density at radius 3 is 2.44 bits per heavy atom. The van der Waals surface area contributed by atoms with Crippen LogP contribution in [0.25, 0.3) is 0 Å². The van der Waals surface area contributed by atoms with E-state index in [4.69, 9.17) is 0 Å². The summed E-state index contributed by atoms with van der Waals surface area (Å²) in [5, 5.41) is 0.